The summed E-state index contributed by atoms with van der Waals surface area (Å²) in [5.41, 5.74) is 3.47. The van der Waals surface area contributed by atoms with Crippen LogP contribution in [0.5, 0.6) is 0 Å². The summed E-state index contributed by atoms with van der Waals surface area (Å²) in [5.74, 6) is 0.512. The monoisotopic (exact) mass is 498 g/mol. The average molecular weight is 499 g/mol. The summed E-state index contributed by atoms with van der Waals surface area (Å²) < 4.78 is 0. The molecule has 1 aromatic heterocycles. The first-order valence-electron chi connectivity index (χ1n) is 13.1. The molecule has 1 atom stereocenters. The van der Waals surface area contributed by atoms with Gasteiger partial charge in [-0.1, -0.05) is 23.7 Å². The molecule has 1 aromatic carbocycles. The van der Waals surface area contributed by atoms with Crippen LogP contribution in [0, 0.1) is 5.92 Å². The van der Waals surface area contributed by atoms with Crippen LogP contribution < -0.4 is 10.2 Å². The van der Waals surface area contributed by atoms with Crippen molar-refractivity contribution in [2.45, 2.75) is 64.0 Å². The first-order chi connectivity index (χ1) is 16.9. The number of rotatable bonds is 8. The molecule has 190 valence electrons. The summed E-state index contributed by atoms with van der Waals surface area (Å²) in [6, 6.07) is 10.5. The molecule has 1 unspecified atom stereocenters. The summed E-state index contributed by atoms with van der Waals surface area (Å²) in [7, 11) is 2.25. The minimum absolute atomic E-state index is 0.0920. The number of hydrogen-bond donors (Lipinski definition) is 2. The number of aliphatic hydroxyl groups is 1. The van der Waals surface area contributed by atoms with E-state index in [-0.39, 0.29) is 12.0 Å². The van der Waals surface area contributed by atoms with E-state index >= 15 is 0 Å². The minimum Gasteiger partial charge on any atom is -0.393 e. The molecule has 2 aliphatic rings. The maximum Gasteiger partial charge on any atom is 0.269 e. The Morgan fingerprint density at radius 2 is 1.94 bits per heavy atom. The zero-order chi connectivity index (χ0) is 24.8. The van der Waals surface area contributed by atoms with Crippen molar-refractivity contribution in [3.8, 4) is 11.1 Å². The second-order valence-electron chi connectivity index (χ2n) is 10.1. The van der Waals surface area contributed by atoms with E-state index in [4.69, 9.17) is 11.6 Å². The molecular weight excluding hydrogens is 460 g/mol. The second kappa shape index (κ2) is 12.2. The first-order valence-corrected chi connectivity index (χ1v) is 13.5. The largest absolute Gasteiger partial charge is 0.393 e. The van der Waals surface area contributed by atoms with Crippen LogP contribution in [0.25, 0.3) is 11.1 Å². The van der Waals surface area contributed by atoms with Crippen molar-refractivity contribution in [1.29, 1.82) is 0 Å². The number of nitrogens with one attached hydrogen (secondary N) is 1. The lowest BCUT2D eigenvalue weighted by Crippen LogP contribution is -2.40. The van der Waals surface area contributed by atoms with Crippen molar-refractivity contribution in [3.63, 3.8) is 0 Å². The molecule has 2 aromatic rings. The number of carbonyl (C=O) groups excluding carboxylic acids is 1. The van der Waals surface area contributed by atoms with Gasteiger partial charge in [0.15, 0.2) is 0 Å². The molecule has 35 heavy (non-hydrogen) atoms. The lowest BCUT2D eigenvalue weighted by molar-refractivity contribution is 0.0818. The highest BCUT2D eigenvalue weighted by atomic mass is 35.5. The van der Waals surface area contributed by atoms with Gasteiger partial charge in [-0.3, -0.25) is 9.78 Å². The predicted octanol–water partition coefficient (Wildman–Crippen LogP) is 4.99. The Morgan fingerprint density at radius 1 is 1.17 bits per heavy atom. The number of anilines is 1. The van der Waals surface area contributed by atoms with E-state index in [1.54, 1.807) is 12.3 Å². The van der Waals surface area contributed by atoms with Crippen molar-refractivity contribution in [3.05, 3.63) is 47.2 Å². The quantitative estimate of drug-likeness (QED) is 0.536. The highest BCUT2D eigenvalue weighted by Crippen LogP contribution is 2.34. The molecular formula is C28H39ClN4O2. The molecule has 0 spiro atoms. The zero-order valence-corrected chi connectivity index (χ0v) is 21.8. The van der Waals surface area contributed by atoms with Crippen molar-refractivity contribution >= 4 is 23.2 Å². The molecule has 1 saturated heterocycles. The number of halogens is 1. The van der Waals surface area contributed by atoms with Gasteiger partial charge in [0.1, 0.15) is 5.69 Å². The van der Waals surface area contributed by atoms with Gasteiger partial charge in [-0.15, -0.1) is 0 Å². The minimum atomic E-state index is -0.157. The lowest BCUT2D eigenvalue weighted by Gasteiger charge is -2.37. The first kappa shape index (κ1) is 25.9. The van der Waals surface area contributed by atoms with Crippen molar-refractivity contribution in [2.75, 3.05) is 38.1 Å². The Labute approximate surface area is 214 Å². The van der Waals surface area contributed by atoms with Crippen molar-refractivity contribution in [1.82, 2.24) is 15.2 Å². The third kappa shape index (κ3) is 6.75. The number of pyridine rings is 1. The maximum atomic E-state index is 12.0. The van der Waals surface area contributed by atoms with E-state index in [1.807, 2.05) is 19.1 Å². The molecule has 1 aliphatic carbocycles. The standard InChI is InChI=1S/C28H39ClN4O2/c1-3-30-28(35)26-12-6-22(18-31-26)21-7-13-27(25(29)17-21)33-15-4-5-20(19-33)14-16-32(2)23-8-10-24(34)11-9-23/h6-7,12-13,17-18,20,23-24,34H,3-5,8-11,14-16,19H2,1-2H3,(H,30,35). The van der Waals surface area contributed by atoms with E-state index in [9.17, 15) is 9.90 Å². The number of amides is 1. The van der Waals surface area contributed by atoms with E-state index in [0.717, 1.165) is 67.2 Å². The second-order valence-corrected chi connectivity index (χ2v) is 10.6. The third-order valence-electron chi connectivity index (χ3n) is 7.65. The van der Waals surface area contributed by atoms with Crippen LogP contribution in [0.4, 0.5) is 5.69 Å². The van der Waals surface area contributed by atoms with Gasteiger partial charge in [0.2, 0.25) is 0 Å². The van der Waals surface area contributed by atoms with Crippen LogP contribution in [0.1, 0.15) is 62.4 Å². The Balaban J connectivity index is 1.34. The highest BCUT2D eigenvalue weighted by molar-refractivity contribution is 6.33. The SMILES string of the molecule is CCNC(=O)c1ccc(-c2ccc(N3CCCC(CCN(C)C4CCC(O)CC4)C3)c(Cl)c2)cn1. The fraction of sp³-hybridized carbons (Fsp3) is 0.571. The van der Waals surface area contributed by atoms with Gasteiger partial charge in [0, 0.05) is 37.4 Å². The average Bonchev–Trinajstić information content (AvgIpc) is 2.88. The number of benzene rings is 1. The molecule has 2 N–H and O–H groups in total. The van der Waals surface area contributed by atoms with Gasteiger partial charge >= 0.3 is 0 Å². The van der Waals surface area contributed by atoms with Gasteiger partial charge in [0.25, 0.3) is 5.91 Å². The van der Waals surface area contributed by atoms with Gasteiger partial charge in [-0.05, 0) is 95.1 Å². The van der Waals surface area contributed by atoms with Gasteiger partial charge in [-0.25, -0.2) is 0 Å². The molecule has 6 nitrogen and oxygen atoms in total. The molecule has 2 fully saturated rings. The fourth-order valence-corrected chi connectivity index (χ4v) is 5.78. The Kier molecular flexibility index (Phi) is 9.04. The predicted molar refractivity (Wildman–Crippen MR) is 143 cm³/mol. The molecule has 0 bridgehead atoms. The Hall–Kier alpha value is -2.15. The maximum absolute atomic E-state index is 12.0. The molecule has 4 rings (SSSR count). The van der Waals surface area contributed by atoms with Gasteiger partial charge < -0.3 is 20.2 Å². The van der Waals surface area contributed by atoms with Crippen molar-refractivity contribution in [2.24, 2.45) is 5.92 Å². The van der Waals surface area contributed by atoms with E-state index < -0.39 is 0 Å². The van der Waals surface area contributed by atoms with Crippen LogP contribution in [0.2, 0.25) is 5.02 Å². The highest BCUT2D eigenvalue weighted by Gasteiger charge is 2.25. The summed E-state index contributed by atoms with van der Waals surface area (Å²) in [6.45, 7) is 5.67. The molecule has 0 radical (unpaired) electrons. The summed E-state index contributed by atoms with van der Waals surface area (Å²) >= 11 is 6.77. The molecule has 1 aliphatic heterocycles. The van der Waals surface area contributed by atoms with Gasteiger partial charge in [-0.2, -0.15) is 0 Å². The molecule has 1 amide bonds. The summed E-state index contributed by atoms with van der Waals surface area (Å²) in [5, 5.41) is 13.3. The van der Waals surface area contributed by atoms with Crippen LogP contribution in [-0.2, 0) is 0 Å². The van der Waals surface area contributed by atoms with Gasteiger partial charge in [0.05, 0.1) is 16.8 Å². The number of hydrogen-bond acceptors (Lipinski definition) is 5. The topological polar surface area (TPSA) is 68.7 Å². The van der Waals surface area contributed by atoms with E-state index in [0.29, 0.717) is 24.2 Å². The third-order valence-corrected chi connectivity index (χ3v) is 7.96. The lowest BCUT2D eigenvalue weighted by atomic mass is 9.90. The zero-order valence-electron chi connectivity index (χ0n) is 21.0. The Bertz CT molecular complexity index is 975. The smallest absolute Gasteiger partial charge is 0.269 e. The number of aliphatic hydroxyl groups excluding tert-OH is 1. The van der Waals surface area contributed by atoms with Crippen LogP contribution in [0.3, 0.4) is 0 Å². The van der Waals surface area contributed by atoms with E-state index in [1.165, 1.54) is 19.3 Å². The van der Waals surface area contributed by atoms with Crippen LogP contribution in [-0.4, -0.2) is 66.3 Å². The van der Waals surface area contributed by atoms with Crippen molar-refractivity contribution < 1.29 is 9.90 Å². The van der Waals surface area contributed by atoms with E-state index in [2.05, 4.69) is 39.3 Å². The normalized spacial score (nSPS) is 22.9. The Morgan fingerprint density at radius 3 is 2.63 bits per heavy atom. The number of piperidine rings is 1. The molecule has 7 heteroatoms. The molecule has 1 saturated carbocycles. The number of carbonyl (C=O) groups is 1. The number of aromatic nitrogens is 1. The molecule has 2 heterocycles. The fourth-order valence-electron chi connectivity index (χ4n) is 5.48. The van der Waals surface area contributed by atoms with Crippen LogP contribution >= 0.6 is 11.6 Å². The summed E-state index contributed by atoms with van der Waals surface area (Å²) in [4.78, 5) is 21.2. The number of nitrogens with zero attached hydrogens (tertiary/aromatic N) is 3. The van der Waals surface area contributed by atoms with Crippen LogP contribution in [0.15, 0.2) is 36.5 Å². The summed E-state index contributed by atoms with van der Waals surface area (Å²) in [6.07, 6.45) is 9.40.